The Morgan fingerprint density at radius 3 is 2.74 bits per heavy atom. The van der Waals surface area contributed by atoms with E-state index in [0.717, 1.165) is 18.4 Å². The molecule has 0 saturated carbocycles. The topological polar surface area (TPSA) is 97.4 Å². The molecule has 5 rings (SSSR count). The summed E-state index contributed by atoms with van der Waals surface area (Å²) in [5.41, 5.74) is 1.41. The second kappa shape index (κ2) is 9.34. The van der Waals surface area contributed by atoms with Crippen molar-refractivity contribution in [2.24, 2.45) is 0 Å². The third-order valence-corrected chi connectivity index (χ3v) is 6.37. The molecular weight excluding hydrogens is 448 g/mol. The van der Waals surface area contributed by atoms with E-state index in [0.29, 0.717) is 23.6 Å². The van der Waals surface area contributed by atoms with E-state index in [-0.39, 0.29) is 36.1 Å². The van der Waals surface area contributed by atoms with Gasteiger partial charge in [0.05, 0.1) is 38.3 Å². The lowest BCUT2D eigenvalue weighted by atomic mass is 10.1. The number of aryl methyl sites for hydroxylation is 1. The number of benzene rings is 2. The maximum Gasteiger partial charge on any atom is 0.337 e. The van der Waals surface area contributed by atoms with Crippen LogP contribution in [0.3, 0.4) is 0 Å². The van der Waals surface area contributed by atoms with Gasteiger partial charge in [-0.05, 0) is 43.5 Å². The van der Waals surface area contributed by atoms with Crippen LogP contribution >= 0.6 is 0 Å². The van der Waals surface area contributed by atoms with Gasteiger partial charge in [0, 0.05) is 12.2 Å². The van der Waals surface area contributed by atoms with Crippen molar-refractivity contribution >= 4 is 16.9 Å². The number of rotatable bonds is 7. The van der Waals surface area contributed by atoms with E-state index in [1.54, 1.807) is 24.3 Å². The lowest BCUT2D eigenvalue weighted by molar-refractivity contribution is 0.0947. The summed E-state index contributed by atoms with van der Waals surface area (Å²) in [5, 5.41) is 0. The molecule has 1 saturated heterocycles. The van der Waals surface area contributed by atoms with Crippen LogP contribution in [0.5, 0.6) is 5.75 Å². The minimum atomic E-state index is -0.485. The molecule has 1 aliphatic heterocycles. The zero-order chi connectivity index (χ0) is 24.5. The molecule has 4 aromatic rings. The first kappa shape index (κ1) is 22.8. The summed E-state index contributed by atoms with van der Waals surface area (Å²) >= 11 is 0. The summed E-state index contributed by atoms with van der Waals surface area (Å²) in [7, 11) is 1.54. The van der Waals surface area contributed by atoms with E-state index in [2.05, 4.69) is 4.98 Å². The fraction of sp³-hybridized carbons (Fsp3) is 0.308. The Labute approximate surface area is 201 Å². The number of methoxy groups -OCH3 is 1. The Morgan fingerprint density at radius 1 is 1.17 bits per heavy atom. The van der Waals surface area contributed by atoms with Gasteiger partial charge in [-0.15, -0.1) is 0 Å². The summed E-state index contributed by atoms with van der Waals surface area (Å²) in [4.78, 5) is 44.7. The number of carbonyl (C=O) groups excluding carboxylic acids is 1. The van der Waals surface area contributed by atoms with Gasteiger partial charge >= 0.3 is 5.69 Å². The molecule has 0 radical (unpaired) electrons. The number of aromatic nitrogens is 4. The van der Waals surface area contributed by atoms with Crippen LogP contribution < -0.4 is 16.0 Å². The Balaban J connectivity index is 1.67. The van der Waals surface area contributed by atoms with E-state index in [9.17, 15) is 14.4 Å². The summed E-state index contributed by atoms with van der Waals surface area (Å²) in [6.07, 6.45) is 2.90. The van der Waals surface area contributed by atoms with Gasteiger partial charge in [-0.3, -0.25) is 14.2 Å². The number of imidazole rings is 1. The van der Waals surface area contributed by atoms with Crippen LogP contribution in [-0.2, 0) is 17.8 Å². The molecule has 180 valence electrons. The molecule has 1 aliphatic rings. The van der Waals surface area contributed by atoms with Crippen molar-refractivity contribution in [2.45, 2.75) is 39.0 Å². The minimum Gasteiger partial charge on any atom is -0.497 e. The second-order valence-electron chi connectivity index (χ2n) is 8.66. The molecule has 2 aromatic carbocycles. The number of Topliss-reactive ketones (excluding diaryl/α,β-unsaturated/α-hetero) is 1. The maximum absolute atomic E-state index is 13.6. The number of fused-ring (bicyclic) bond motifs is 1. The highest BCUT2D eigenvalue weighted by Crippen LogP contribution is 2.19. The summed E-state index contributed by atoms with van der Waals surface area (Å²) in [6, 6.07) is 14.3. The van der Waals surface area contributed by atoms with Gasteiger partial charge < -0.3 is 14.0 Å². The lowest BCUT2D eigenvalue weighted by Gasteiger charge is -2.16. The van der Waals surface area contributed by atoms with E-state index in [1.807, 2.05) is 31.2 Å². The molecule has 35 heavy (non-hydrogen) atoms. The molecule has 3 heterocycles. The minimum absolute atomic E-state index is 0.106. The highest BCUT2D eigenvalue weighted by molar-refractivity contribution is 5.96. The fourth-order valence-electron chi connectivity index (χ4n) is 4.53. The molecule has 1 atom stereocenters. The molecule has 0 N–H and O–H groups in total. The van der Waals surface area contributed by atoms with Crippen LogP contribution in [0.25, 0.3) is 16.9 Å². The van der Waals surface area contributed by atoms with Gasteiger partial charge in [-0.1, -0.05) is 30.3 Å². The molecule has 1 unspecified atom stereocenters. The summed E-state index contributed by atoms with van der Waals surface area (Å²) in [5.74, 6) is 0.362. The first-order valence-corrected chi connectivity index (χ1v) is 11.5. The lowest BCUT2D eigenvalue weighted by Crippen LogP contribution is -2.42. The van der Waals surface area contributed by atoms with Crippen molar-refractivity contribution in [1.82, 2.24) is 18.7 Å². The Bertz CT molecular complexity index is 1530. The Hall–Kier alpha value is -3.98. The highest BCUT2D eigenvalue weighted by Gasteiger charge is 2.24. The third kappa shape index (κ3) is 4.19. The standard InChI is InChI=1S/C26H26N4O5/c1-17-7-3-4-11-21(17)30-24-23(25(32)29(26(30)33)14-20-10-6-12-35-20)28(16-27-24)15-22(31)18-8-5-9-19(13-18)34-2/h3-5,7-9,11,13,16,20H,6,10,12,14-15H2,1-2H3. The van der Waals surface area contributed by atoms with Gasteiger partial charge in [-0.2, -0.15) is 0 Å². The zero-order valence-corrected chi connectivity index (χ0v) is 19.6. The van der Waals surface area contributed by atoms with Gasteiger partial charge in [-0.25, -0.2) is 14.3 Å². The number of ether oxygens (including phenoxy) is 2. The van der Waals surface area contributed by atoms with Gasteiger partial charge in [0.1, 0.15) is 5.75 Å². The monoisotopic (exact) mass is 474 g/mol. The fourth-order valence-corrected chi connectivity index (χ4v) is 4.53. The predicted octanol–water partition coefficient (Wildman–Crippen LogP) is 2.73. The van der Waals surface area contributed by atoms with E-state index in [4.69, 9.17) is 9.47 Å². The summed E-state index contributed by atoms with van der Waals surface area (Å²) in [6.45, 7) is 2.55. The predicted molar refractivity (Wildman–Crippen MR) is 131 cm³/mol. The maximum atomic E-state index is 13.6. The van der Waals surface area contributed by atoms with Crippen molar-refractivity contribution in [1.29, 1.82) is 0 Å². The Morgan fingerprint density at radius 2 is 2.00 bits per heavy atom. The molecule has 0 spiro atoms. The van der Waals surface area contributed by atoms with E-state index in [1.165, 1.54) is 27.1 Å². The molecule has 0 bridgehead atoms. The van der Waals surface area contributed by atoms with Crippen LogP contribution in [0.1, 0.15) is 28.8 Å². The molecular formula is C26H26N4O5. The SMILES string of the molecule is COc1cccc(C(=O)Cn2cnc3c2c(=O)n(CC2CCCO2)c(=O)n3-c2ccccc2C)c1. The number of ketones is 1. The smallest absolute Gasteiger partial charge is 0.337 e. The van der Waals surface area contributed by atoms with Gasteiger partial charge in [0.2, 0.25) is 0 Å². The van der Waals surface area contributed by atoms with Crippen LogP contribution in [0, 0.1) is 6.92 Å². The molecule has 0 amide bonds. The van der Waals surface area contributed by atoms with Gasteiger partial charge in [0.25, 0.3) is 5.56 Å². The second-order valence-corrected chi connectivity index (χ2v) is 8.66. The average Bonchev–Trinajstić information content (AvgIpc) is 3.53. The van der Waals surface area contributed by atoms with Crippen molar-refractivity contribution in [3.8, 4) is 11.4 Å². The van der Waals surface area contributed by atoms with Crippen LogP contribution in [0.4, 0.5) is 0 Å². The first-order valence-electron chi connectivity index (χ1n) is 11.5. The first-order chi connectivity index (χ1) is 17.0. The molecule has 2 aromatic heterocycles. The molecule has 1 fully saturated rings. The van der Waals surface area contributed by atoms with Crippen molar-refractivity contribution in [3.63, 3.8) is 0 Å². The van der Waals surface area contributed by atoms with Crippen LogP contribution in [0.15, 0.2) is 64.4 Å². The highest BCUT2D eigenvalue weighted by atomic mass is 16.5. The molecule has 9 nitrogen and oxygen atoms in total. The number of nitrogens with zero attached hydrogens (tertiary/aromatic N) is 4. The van der Waals surface area contributed by atoms with E-state index >= 15 is 0 Å². The van der Waals surface area contributed by atoms with Crippen molar-refractivity contribution < 1.29 is 14.3 Å². The Kier molecular flexibility index (Phi) is 6.08. The van der Waals surface area contributed by atoms with Crippen LogP contribution in [0.2, 0.25) is 0 Å². The van der Waals surface area contributed by atoms with Crippen LogP contribution in [-0.4, -0.2) is 44.3 Å². The molecule has 0 aliphatic carbocycles. The van der Waals surface area contributed by atoms with E-state index < -0.39 is 11.2 Å². The van der Waals surface area contributed by atoms with Crippen molar-refractivity contribution in [2.75, 3.05) is 13.7 Å². The zero-order valence-electron chi connectivity index (χ0n) is 19.6. The van der Waals surface area contributed by atoms with Crippen molar-refractivity contribution in [3.05, 3.63) is 86.8 Å². The number of para-hydroxylation sites is 1. The number of carbonyl (C=O) groups is 1. The molecule has 9 heteroatoms. The largest absolute Gasteiger partial charge is 0.497 e. The average molecular weight is 475 g/mol. The normalized spacial score (nSPS) is 15.5. The number of hydrogen-bond donors (Lipinski definition) is 0. The third-order valence-electron chi connectivity index (χ3n) is 6.37. The number of hydrogen-bond acceptors (Lipinski definition) is 6. The van der Waals surface area contributed by atoms with Gasteiger partial charge in [0.15, 0.2) is 16.9 Å². The summed E-state index contributed by atoms with van der Waals surface area (Å²) < 4.78 is 15.1. The quantitative estimate of drug-likeness (QED) is 0.382.